The number of nitrogens with zero attached hydrogens (tertiary/aromatic N) is 2. The van der Waals surface area contributed by atoms with Gasteiger partial charge in [0.2, 0.25) is 0 Å². The molecule has 0 aliphatic rings. The van der Waals surface area contributed by atoms with Crippen molar-refractivity contribution in [2.24, 2.45) is 0 Å². The number of benzene rings is 1. The standard InChI is InChI=1S/C17H22N2O2.C2H2O4/c1-19(11-9-15-6-4-5-10-18-15)13-14-7-8-16(20-2)17(12-14)21-3;3-1(4)2(5)6/h4-8,10,12H,9,11,13H2,1-3H3;(H,3,4)(H,5,6). The van der Waals surface area contributed by atoms with Gasteiger partial charge in [-0.05, 0) is 36.9 Å². The molecule has 0 atom stereocenters. The molecular formula is C19H24N2O6. The molecule has 0 radical (unpaired) electrons. The van der Waals surface area contributed by atoms with Crippen LogP contribution in [-0.2, 0) is 22.6 Å². The number of carbonyl (C=O) groups is 2. The Balaban J connectivity index is 0.000000527. The van der Waals surface area contributed by atoms with Crippen molar-refractivity contribution in [1.29, 1.82) is 0 Å². The fourth-order valence-corrected chi connectivity index (χ4v) is 2.22. The van der Waals surface area contributed by atoms with E-state index < -0.39 is 11.9 Å². The maximum Gasteiger partial charge on any atom is 0.414 e. The predicted molar refractivity (Wildman–Crippen MR) is 99.1 cm³/mol. The monoisotopic (exact) mass is 376 g/mol. The van der Waals surface area contributed by atoms with Crippen molar-refractivity contribution < 1.29 is 29.3 Å². The van der Waals surface area contributed by atoms with E-state index in [9.17, 15) is 0 Å². The molecule has 0 bridgehead atoms. The zero-order valence-electron chi connectivity index (χ0n) is 15.6. The van der Waals surface area contributed by atoms with E-state index in [-0.39, 0.29) is 0 Å². The fraction of sp³-hybridized carbons (Fsp3) is 0.316. The molecule has 0 fully saturated rings. The van der Waals surface area contributed by atoms with Crippen molar-refractivity contribution in [2.45, 2.75) is 13.0 Å². The van der Waals surface area contributed by atoms with Crippen molar-refractivity contribution in [3.05, 3.63) is 53.9 Å². The average molecular weight is 376 g/mol. The van der Waals surface area contributed by atoms with Crippen LogP contribution >= 0.6 is 0 Å². The number of hydrogen-bond acceptors (Lipinski definition) is 6. The molecule has 2 rings (SSSR count). The highest BCUT2D eigenvalue weighted by molar-refractivity contribution is 6.27. The van der Waals surface area contributed by atoms with Gasteiger partial charge in [0.05, 0.1) is 14.2 Å². The lowest BCUT2D eigenvalue weighted by Gasteiger charge is -2.17. The van der Waals surface area contributed by atoms with Crippen molar-refractivity contribution in [3.8, 4) is 11.5 Å². The molecule has 1 aromatic heterocycles. The molecule has 1 aromatic carbocycles. The second-order valence-electron chi connectivity index (χ2n) is 5.61. The van der Waals surface area contributed by atoms with E-state index in [2.05, 4.69) is 29.1 Å². The molecule has 146 valence electrons. The molecule has 2 N–H and O–H groups in total. The molecule has 0 spiro atoms. The minimum Gasteiger partial charge on any atom is -0.493 e. The van der Waals surface area contributed by atoms with Gasteiger partial charge in [-0.3, -0.25) is 4.98 Å². The molecule has 0 aliphatic heterocycles. The quantitative estimate of drug-likeness (QED) is 0.706. The Kier molecular flexibility index (Phi) is 9.32. The number of carboxylic acids is 2. The van der Waals surface area contributed by atoms with Crippen molar-refractivity contribution in [3.63, 3.8) is 0 Å². The Morgan fingerprint density at radius 3 is 2.22 bits per heavy atom. The third-order valence-corrected chi connectivity index (χ3v) is 3.56. The first-order valence-electron chi connectivity index (χ1n) is 8.13. The lowest BCUT2D eigenvalue weighted by Crippen LogP contribution is -2.21. The summed E-state index contributed by atoms with van der Waals surface area (Å²) in [5.74, 6) is -2.12. The third kappa shape index (κ3) is 8.19. The van der Waals surface area contributed by atoms with E-state index in [0.717, 1.165) is 36.7 Å². The number of methoxy groups -OCH3 is 2. The van der Waals surface area contributed by atoms with Crippen molar-refractivity contribution in [2.75, 3.05) is 27.8 Å². The molecule has 27 heavy (non-hydrogen) atoms. The van der Waals surface area contributed by atoms with Gasteiger partial charge < -0.3 is 24.6 Å². The molecule has 8 nitrogen and oxygen atoms in total. The highest BCUT2D eigenvalue weighted by Gasteiger charge is 2.07. The van der Waals surface area contributed by atoms with Gasteiger partial charge in [0.1, 0.15) is 0 Å². The van der Waals surface area contributed by atoms with Crippen LogP contribution < -0.4 is 9.47 Å². The number of hydrogen-bond donors (Lipinski definition) is 2. The number of rotatable bonds is 7. The first-order valence-corrected chi connectivity index (χ1v) is 8.13. The average Bonchev–Trinajstić information content (AvgIpc) is 2.67. The Morgan fingerprint density at radius 1 is 1.04 bits per heavy atom. The summed E-state index contributed by atoms with van der Waals surface area (Å²) in [6, 6.07) is 12.1. The van der Waals surface area contributed by atoms with Gasteiger partial charge in [0.15, 0.2) is 11.5 Å². The maximum absolute atomic E-state index is 9.10. The molecule has 0 saturated carbocycles. The minimum atomic E-state index is -1.82. The minimum absolute atomic E-state index is 0.761. The van der Waals surface area contributed by atoms with Crippen LogP contribution in [0.1, 0.15) is 11.3 Å². The van der Waals surface area contributed by atoms with Crippen LogP contribution in [0.25, 0.3) is 0 Å². The summed E-state index contributed by atoms with van der Waals surface area (Å²) in [4.78, 5) is 24.8. The van der Waals surface area contributed by atoms with Gasteiger partial charge in [-0.1, -0.05) is 12.1 Å². The van der Waals surface area contributed by atoms with Gasteiger partial charge in [-0.2, -0.15) is 0 Å². The zero-order chi connectivity index (χ0) is 20.2. The summed E-state index contributed by atoms with van der Waals surface area (Å²) >= 11 is 0. The summed E-state index contributed by atoms with van der Waals surface area (Å²) in [5.41, 5.74) is 2.33. The summed E-state index contributed by atoms with van der Waals surface area (Å²) < 4.78 is 10.6. The Morgan fingerprint density at radius 2 is 1.70 bits per heavy atom. The number of pyridine rings is 1. The molecule has 0 aliphatic carbocycles. The molecule has 8 heteroatoms. The fourth-order valence-electron chi connectivity index (χ4n) is 2.22. The van der Waals surface area contributed by atoms with Crippen LogP contribution in [0.3, 0.4) is 0 Å². The van der Waals surface area contributed by atoms with Crippen LogP contribution in [0.15, 0.2) is 42.6 Å². The van der Waals surface area contributed by atoms with Crippen LogP contribution in [0.2, 0.25) is 0 Å². The lowest BCUT2D eigenvalue weighted by molar-refractivity contribution is -0.159. The Bertz CT molecular complexity index is 724. The smallest absolute Gasteiger partial charge is 0.414 e. The number of aliphatic carboxylic acids is 2. The number of ether oxygens (including phenoxy) is 2. The van der Waals surface area contributed by atoms with E-state index in [1.54, 1.807) is 14.2 Å². The van der Waals surface area contributed by atoms with E-state index in [1.165, 1.54) is 5.56 Å². The van der Waals surface area contributed by atoms with Crippen LogP contribution in [0, 0.1) is 0 Å². The van der Waals surface area contributed by atoms with E-state index in [0.29, 0.717) is 0 Å². The number of carboxylic acid groups (broad SMARTS) is 2. The number of likely N-dealkylation sites (N-methyl/N-ethyl adjacent to an activating group) is 1. The highest BCUT2D eigenvalue weighted by atomic mass is 16.5. The second kappa shape index (κ2) is 11.5. The largest absolute Gasteiger partial charge is 0.493 e. The van der Waals surface area contributed by atoms with Gasteiger partial charge in [-0.15, -0.1) is 0 Å². The molecule has 0 saturated heterocycles. The lowest BCUT2D eigenvalue weighted by atomic mass is 10.2. The summed E-state index contributed by atoms with van der Waals surface area (Å²) in [6.07, 6.45) is 2.79. The molecular weight excluding hydrogens is 352 g/mol. The van der Waals surface area contributed by atoms with Crippen molar-refractivity contribution in [1.82, 2.24) is 9.88 Å². The van der Waals surface area contributed by atoms with Gasteiger partial charge in [0, 0.05) is 31.4 Å². The van der Waals surface area contributed by atoms with Crippen LogP contribution in [0.4, 0.5) is 0 Å². The predicted octanol–water partition coefficient (Wildman–Crippen LogP) is 1.93. The zero-order valence-corrected chi connectivity index (χ0v) is 15.6. The van der Waals surface area contributed by atoms with E-state index >= 15 is 0 Å². The Labute approximate surface area is 158 Å². The summed E-state index contributed by atoms with van der Waals surface area (Å²) in [5, 5.41) is 14.8. The SMILES string of the molecule is COc1ccc(CN(C)CCc2ccccn2)cc1OC.O=C(O)C(=O)O. The second-order valence-corrected chi connectivity index (χ2v) is 5.61. The Hall–Kier alpha value is -3.13. The van der Waals surface area contributed by atoms with E-state index in [1.807, 2.05) is 30.5 Å². The van der Waals surface area contributed by atoms with Crippen LogP contribution in [0.5, 0.6) is 11.5 Å². The third-order valence-electron chi connectivity index (χ3n) is 3.56. The normalized spacial score (nSPS) is 9.93. The van der Waals surface area contributed by atoms with Crippen LogP contribution in [-0.4, -0.2) is 59.8 Å². The van der Waals surface area contributed by atoms with Crippen molar-refractivity contribution >= 4 is 11.9 Å². The van der Waals surface area contributed by atoms with E-state index in [4.69, 9.17) is 29.3 Å². The topological polar surface area (TPSA) is 109 Å². The van der Waals surface area contributed by atoms with Gasteiger partial charge in [-0.25, -0.2) is 9.59 Å². The van der Waals surface area contributed by atoms with Gasteiger partial charge in [0.25, 0.3) is 0 Å². The highest BCUT2D eigenvalue weighted by Crippen LogP contribution is 2.27. The molecule has 0 amide bonds. The first kappa shape index (κ1) is 21.9. The first-order chi connectivity index (χ1) is 12.9. The molecule has 1 heterocycles. The maximum atomic E-state index is 9.10. The van der Waals surface area contributed by atoms with Gasteiger partial charge >= 0.3 is 11.9 Å². The number of aromatic nitrogens is 1. The summed E-state index contributed by atoms with van der Waals surface area (Å²) in [7, 11) is 5.42. The molecule has 0 unspecified atom stereocenters. The summed E-state index contributed by atoms with van der Waals surface area (Å²) in [6.45, 7) is 1.83. The molecule has 2 aromatic rings.